The van der Waals surface area contributed by atoms with Crippen LogP contribution in [-0.4, -0.2) is 17.9 Å². The second-order valence-electron chi connectivity index (χ2n) is 4.95. The maximum atomic E-state index is 11.3. The second-order valence-corrected chi connectivity index (χ2v) is 4.95. The van der Waals surface area contributed by atoms with Crippen molar-refractivity contribution in [3.05, 3.63) is 29.3 Å². The molecule has 0 spiro atoms. The number of benzene rings is 1. The van der Waals surface area contributed by atoms with E-state index in [0.717, 1.165) is 25.7 Å². The standard InChI is InChI=1S/C15H23N3O2/c1-3-5-12(6-4-2)18-13-8-10(14(16)19)7-11(9-13)15(17)20/h7-9,12,18H,3-6H2,1-2H3,(H2,16,19)(H2,17,20). The Balaban J connectivity index is 3.03. The fourth-order valence-electron chi connectivity index (χ4n) is 2.22. The Morgan fingerprint density at radius 2 is 1.45 bits per heavy atom. The molecule has 1 rings (SSSR count). The minimum absolute atomic E-state index is 0.288. The lowest BCUT2D eigenvalue weighted by Gasteiger charge is -2.19. The molecule has 1 aromatic carbocycles. The van der Waals surface area contributed by atoms with E-state index in [9.17, 15) is 9.59 Å². The molecule has 0 unspecified atom stereocenters. The fourth-order valence-corrected chi connectivity index (χ4v) is 2.22. The number of carbonyl (C=O) groups is 2. The van der Waals surface area contributed by atoms with Gasteiger partial charge in [-0.3, -0.25) is 9.59 Å². The molecule has 20 heavy (non-hydrogen) atoms. The van der Waals surface area contributed by atoms with Crippen LogP contribution in [0, 0.1) is 0 Å². The summed E-state index contributed by atoms with van der Waals surface area (Å²) in [7, 11) is 0. The smallest absolute Gasteiger partial charge is 0.248 e. The highest BCUT2D eigenvalue weighted by atomic mass is 16.1. The summed E-state index contributed by atoms with van der Waals surface area (Å²) >= 11 is 0. The molecule has 0 saturated heterocycles. The number of nitrogens with two attached hydrogens (primary N) is 2. The Morgan fingerprint density at radius 3 is 1.80 bits per heavy atom. The van der Waals surface area contributed by atoms with Crippen molar-refractivity contribution in [3.8, 4) is 0 Å². The minimum Gasteiger partial charge on any atom is -0.382 e. The molecule has 0 radical (unpaired) electrons. The van der Waals surface area contributed by atoms with Gasteiger partial charge >= 0.3 is 0 Å². The van der Waals surface area contributed by atoms with Crippen LogP contribution in [0.4, 0.5) is 5.69 Å². The molecule has 110 valence electrons. The van der Waals surface area contributed by atoms with Crippen molar-refractivity contribution in [1.82, 2.24) is 0 Å². The van der Waals surface area contributed by atoms with E-state index in [1.165, 1.54) is 6.07 Å². The van der Waals surface area contributed by atoms with Crippen LogP contribution in [0.3, 0.4) is 0 Å². The molecular weight excluding hydrogens is 254 g/mol. The summed E-state index contributed by atoms with van der Waals surface area (Å²) in [5.74, 6) is -1.14. The van der Waals surface area contributed by atoms with Gasteiger partial charge in [-0.25, -0.2) is 0 Å². The van der Waals surface area contributed by atoms with E-state index in [1.54, 1.807) is 12.1 Å². The van der Waals surface area contributed by atoms with Crippen LogP contribution in [0.5, 0.6) is 0 Å². The van der Waals surface area contributed by atoms with Gasteiger partial charge in [-0.2, -0.15) is 0 Å². The zero-order valence-corrected chi connectivity index (χ0v) is 12.1. The number of rotatable bonds is 8. The van der Waals surface area contributed by atoms with Gasteiger partial charge in [-0.1, -0.05) is 26.7 Å². The number of primary amides is 2. The zero-order valence-electron chi connectivity index (χ0n) is 12.1. The third-order valence-electron chi connectivity index (χ3n) is 3.15. The molecule has 0 aliphatic carbocycles. The monoisotopic (exact) mass is 277 g/mol. The molecule has 0 aliphatic rings. The highest BCUT2D eigenvalue weighted by Gasteiger charge is 2.12. The Kier molecular flexibility index (Phi) is 6.03. The van der Waals surface area contributed by atoms with Crippen molar-refractivity contribution < 1.29 is 9.59 Å². The number of amides is 2. The third-order valence-corrected chi connectivity index (χ3v) is 3.15. The van der Waals surface area contributed by atoms with Crippen LogP contribution in [0.1, 0.15) is 60.2 Å². The third kappa shape index (κ3) is 4.57. The first-order chi connectivity index (χ1) is 9.47. The van der Waals surface area contributed by atoms with Gasteiger partial charge in [0.25, 0.3) is 0 Å². The molecule has 0 bridgehead atoms. The van der Waals surface area contributed by atoms with Gasteiger partial charge in [0.15, 0.2) is 0 Å². The molecule has 0 aromatic heterocycles. The van der Waals surface area contributed by atoms with Crippen molar-refractivity contribution >= 4 is 17.5 Å². The zero-order chi connectivity index (χ0) is 15.1. The van der Waals surface area contributed by atoms with E-state index in [4.69, 9.17) is 11.5 Å². The van der Waals surface area contributed by atoms with Crippen molar-refractivity contribution in [2.24, 2.45) is 11.5 Å². The van der Waals surface area contributed by atoms with E-state index in [0.29, 0.717) is 11.7 Å². The van der Waals surface area contributed by atoms with Gasteiger partial charge in [0.2, 0.25) is 11.8 Å². The molecule has 0 atom stereocenters. The summed E-state index contributed by atoms with van der Waals surface area (Å²) in [6.45, 7) is 4.25. The number of hydrogen-bond acceptors (Lipinski definition) is 3. The Hall–Kier alpha value is -2.04. The first-order valence-corrected chi connectivity index (χ1v) is 6.99. The highest BCUT2D eigenvalue weighted by Crippen LogP contribution is 2.18. The van der Waals surface area contributed by atoms with Gasteiger partial charge in [-0.05, 0) is 31.0 Å². The van der Waals surface area contributed by atoms with E-state index >= 15 is 0 Å². The molecular formula is C15H23N3O2. The van der Waals surface area contributed by atoms with Crippen molar-refractivity contribution in [1.29, 1.82) is 0 Å². The summed E-state index contributed by atoms with van der Waals surface area (Å²) < 4.78 is 0. The van der Waals surface area contributed by atoms with E-state index in [1.807, 2.05) is 0 Å². The molecule has 0 aliphatic heterocycles. The molecule has 5 N–H and O–H groups in total. The molecule has 5 nitrogen and oxygen atoms in total. The first kappa shape index (κ1) is 16.0. The summed E-state index contributed by atoms with van der Waals surface area (Å²) in [5, 5.41) is 3.36. The van der Waals surface area contributed by atoms with Crippen LogP contribution in [0.25, 0.3) is 0 Å². The van der Waals surface area contributed by atoms with Gasteiger partial charge in [-0.15, -0.1) is 0 Å². The average Bonchev–Trinajstić information content (AvgIpc) is 2.38. The fraction of sp³-hybridized carbons (Fsp3) is 0.467. The predicted molar refractivity (Wildman–Crippen MR) is 80.7 cm³/mol. The van der Waals surface area contributed by atoms with E-state index < -0.39 is 11.8 Å². The SMILES string of the molecule is CCCC(CCC)Nc1cc(C(N)=O)cc(C(N)=O)c1. The molecule has 2 amide bonds. The van der Waals surface area contributed by atoms with Gasteiger partial charge in [0, 0.05) is 22.9 Å². The maximum absolute atomic E-state index is 11.3. The maximum Gasteiger partial charge on any atom is 0.248 e. The lowest BCUT2D eigenvalue weighted by Crippen LogP contribution is -2.21. The Morgan fingerprint density at radius 1 is 1.00 bits per heavy atom. The predicted octanol–water partition coefficient (Wildman–Crippen LogP) is 2.27. The van der Waals surface area contributed by atoms with E-state index in [-0.39, 0.29) is 11.1 Å². The summed E-state index contributed by atoms with van der Waals surface area (Å²) in [6.07, 6.45) is 4.19. The second kappa shape index (κ2) is 7.53. The average molecular weight is 277 g/mol. The van der Waals surface area contributed by atoms with Crippen LogP contribution in [0.15, 0.2) is 18.2 Å². The molecule has 0 saturated carbocycles. The molecule has 0 heterocycles. The van der Waals surface area contributed by atoms with Crippen molar-refractivity contribution in [2.75, 3.05) is 5.32 Å². The largest absolute Gasteiger partial charge is 0.382 e. The minimum atomic E-state index is -0.571. The number of nitrogens with one attached hydrogen (secondary N) is 1. The van der Waals surface area contributed by atoms with Crippen molar-refractivity contribution in [3.63, 3.8) is 0 Å². The highest BCUT2D eigenvalue weighted by molar-refractivity contribution is 5.99. The lowest BCUT2D eigenvalue weighted by atomic mass is 10.0. The quantitative estimate of drug-likeness (QED) is 0.679. The Bertz CT molecular complexity index is 448. The number of hydrogen-bond donors (Lipinski definition) is 3. The molecule has 0 fully saturated rings. The normalized spacial score (nSPS) is 10.6. The van der Waals surface area contributed by atoms with E-state index in [2.05, 4.69) is 19.2 Å². The van der Waals surface area contributed by atoms with Crippen LogP contribution >= 0.6 is 0 Å². The number of anilines is 1. The van der Waals surface area contributed by atoms with Crippen LogP contribution < -0.4 is 16.8 Å². The lowest BCUT2D eigenvalue weighted by molar-refractivity contribution is 0.0999. The van der Waals surface area contributed by atoms with Crippen LogP contribution in [0.2, 0.25) is 0 Å². The topological polar surface area (TPSA) is 98.2 Å². The Labute approximate surface area is 119 Å². The van der Waals surface area contributed by atoms with Crippen LogP contribution in [-0.2, 0) is 0 Å². The van der Waals surface area contributed by atoms with Gasteiger partial charge < -0.3 is 16.8 Å². The summed E-state index contributed by atoms with van der Waals surface area (Å²) in [4.78, 5) is 22.6. The molecule has 1 aromatic rings. The first-order valence-electron chi connectivity index (χ1n) is 6.99. The van der Waals surface area contributed by atoms with Gasteiger partial charge in [0.05, 0.1) is 0 Å². The van der Waals surface area contributed by atoms with Gasteiger partial charge in [0.1, 0.15) is 0 Å². The van der Waals surface area contributed by atoms with Crippen molar-refractivity contribution in [2.45, 2.75) is 45.6 Å². The molecule has 5 heteroatoms. The summed E-state index contributed by atoms with van der Waals surface area (Å²) in [6, 6.07) is 5.05. The number of carbonyl (C=O) groups excluding carboxylic acids is 2. The summed E-state index contributed by atoms with van der Waals surface area (Å²) in [5.41, 5.74) is 11.8.